The van der Waals surface area contributed by atoms with E-state index in [-0.39, 0.29) is 0 Å². The zero-order valence-electron chi connectivity index (χ0n) is 14.5. The maximum atomic E-state index is 6.37. The molecule has 4 heteroatoms. The van der Waals surface area contributed by atoms with E-state index in [0.717, 1.165) is 18.0 Å². The number of hydrogen-bond acceptors (Lipinski definition) is 3. The van der Waals surface area contributed by atoms with Crippen molar-refractivity contribution in [1.82, 2.24) is 4.90 Å². The average Bonchev–Trinajstić information content (AvgIpc) is 2.69. The molecule has 0 bridgehead atoms. The molecule has 2 heterocycles. The van der Waals surface area contributed by atoms with Crippen molar-refractivity contribution in [1.29, 1.82) is 0 Å². The van der Waals surface area contributed by atoms with Crippen LogP contribution in [0.3, 0.4) is 0 Å². The van der Waals surface area contributed by atoms with Crippen LogP contribution in [0.4, 0.5) is 17.1 Å². The second-order valence-electron chi connectivity index (χ2n) is 7.10. The Balaban J connectivity index is 1.90. The van der Waals surface area contributed by atoms with Gasteiger partial charge in [0, 0.05) is 30.3 Å². The van der Waals surface area contributed by atoms with Gasteiger partial charge in [0.05, 0.1) is 17.4 Å². The summed E-state index contributed by atoms with van der Waals surface area (Å²) < 4.78 is 0. The molecular weight excluding hydrogens is 318 g/mol. The molecule has 2 aliphatic rings. The fourth-order valence-corrected chi connectivity index (χ4v) is 4.40. The lowest BCUT2D eigenvalue weighted by Gasteiger charge is -2.42. The van der Waals surface area contributed by atoms with Gasteiger partial charge in [0.1, 0.15) is 0 Å². The van der Waals surface area contributed by atoms with Crippen LogP contribution in [0.1, 0.15) is 24.4 Å². The standard InChI is InChI=1S/C20H24ClN3/c1-22(2)15-10-11-24-19-7-5-4-6-18(19)23(3)17-9-8-14(21)12-16(17)20(24)13-15/h4-9,12,15,20H,10-11,13H2,1-3H3. The van der Waals surface area contributed by atoms with E-state index in [4.69, 9.17) is 11.6 Å². The maximum absolute atomic E-state index is 6.37. The van der Waals surface area contributed by atoms with Gasteiger partial charge < -0.3 is 14.7 Å². The average molecular weight is 342 g/mol. The minimum absolute atomic E-state index is 0.367. The number of piperidine rings is 1. The molecule has 2 aromatic rings. The molecule has 0 radical (unpaired) electrons. The van der Waals surface area contributed by atoms with E-state index in [1.54, 1.807) is 0 Å². The number of rotatable bonds is 1. The third kappa shape index (κ3) is 2.47. The summed E-state index contributed by atoms with van der Waals surface area (Å²) in [5.74, 6) is 0. The Labute approximate surface area is 149 Å². The molecule has 2 atom stereocenters. The van der Waals surface area contributed by atoms with Crippen molar-refractivity contribution in [2.75, 3.05) is 37.5 Å². The number of hydrogen-bond donors (Lipinski definition) is 0. The molecule has 126 valence electrons. The highest BCUT2D eigenvalue weighted by Crippen LogP contribution is 2.48. The van der Waals surface area contributed by atoms with E-state index in [1.165, 1.54) is 29.0 Å². The predicted octanol–water partition coefficient (Wildman–Crippen LogP) is 4.69. The maximum Gasteiger partial charge on any atom is 0.0646 e. The summed E-state index contributed by atoms with van der Waals surface area (Å²) in [5, 5.41) is 0.819. The largest absolute Gasteiger partial charge is 0.363 e. The van der Waals surface area contributed by atoms with Gasteiger partial charge in [-0.1, -0.05) is 23.7 Å². The van der Waals surface area contributed by atoms with Crippen molar-refractivity contribution in [3.8, 4) is 0 Å². The van der Waals surface area contributed by atoms with Gasteiger partial charge in [-0.05, 0) is 62.8 Å². The third-order valence-corrected chi connectivity index (χ3v) is 5.80. The number of benzene rings is 2. The first-order valence-corrected chi connectivity index (χ1v) is 8.99. The van der Waals surface area contributed by atoms with Gasteiger partial charge in [0.15, 0.2) is 0 Å². The quantitative estimate of drug-likeness (QED) is 0.744. The van der Waals surface area contributed by atoms with Crippen LogP contribution in [0.2, 0.25) is 5.02 Å². The Morgan fingerprint density at radius 1 is 1.04 bits per heavy atom. The van der Waals surface area contributed by atoms with Crippen LogP contribution in [-0.2, 0) is 0 Å². The second kappa shape index (κ2) is 5.98. The Hall–Kier alpha value is -1.71. The van der Waals surface area contributed by atoms with Crippen molar-refractivity contribution < 1.29 is 0 Å². The molecule has 0 aliphatic carbocycles. The number of fused-ring (bicyclic) bond motifs is 5. The zero-order chi connectivity index (χ0) is 16.8. The van der Waals surface area contributed by atoms with Crippen molar-refractivity contribution in [3.63, 3.8) is 0 Å². The van der Waals surface area contributed by atoms with Gasteiger partial charge in [-0.25, -0.2) is 0 Å². The normalized spacial score (nSPS) is 22.7. The highest BCUT2D eigenvalue weighted by atomic mass is 35.5. The molecule has 1 fully saturated rings. The van der Waals surface area contributed by atoms with Crippen LogP contribution in [0.25, 0.3) is 0 Å². The number of anilines is 3. The first-order chi connectivity index (χ1) is 11.6. The Kier molecular flexibility index (Phi) is 3.93. The minimum atomic E-state index is 0.367. The van der Waals surface area contributed by atoms with Gasteiger partial charge in [-0.3, -0.25) is 0 Å². The second-order valence-corrected chi connectivity index (χ2v) is 7.54. The molecule has 1 saturated heterocycles. The van der Waals surface area contributed by atoms with Crippen LogP contribution < -0.4 is 9.80 Å². The highest BCUT2D eigenvalue weighted by molar-refractivity contribution is 6.30. The van der Waals surface area contributed by atoms with Gasteiger partial charge in [-0.15, -0.1) is 0 Å². The van der Waals surface area contributed by atoms with Gasteiger partial charge in [-0.2, -0.15) is 0 Å². The van der Waals surface area contributed by atoms with Gasteiger partial charge in [0.2, 0.25) is 0 Å². The minimum Gasteiger partial charge on any atom is -0.363 e. The summed E-state index contributed by atoms with van der Waals surface area (Å²) in [6.07, 6.45) is 2.32. The fourth-order valence-electron chi connectivity index (χ4n) is 4.22. The number of nitrogens with zero attached hydrogens (tertiary/aromatic N) is 3. The first kappa shape index (κ1) is 15.8. The summed E-state index contributed by atoms with van der Waals surface area (Å²) in [6, 6.07) is 16.0. The lowest BCUT2D eigenvalue weighted by molar-refractivity contribution is 0.225. The Morgan fingerprint density at radius 2 is 1.79 bits per heavy atom. The monoisotopic (exact) mass is 341 g/mol. The molecule has 3 nitrogen and oxygen atoms in total. The summed E-state index contributed by atoms with van der Waals surface area (Å²) in [7, 11) is 6.54. The molecule has 0 spiro atoms. The molecule has 2 aliphatic heterocycles. The van der Waals surface area contributed by atoms with E-state index < -0.39 is 0 Å². The van der Waals surface area contributed by atoms with E-state index in [2.05, 4.69) is 72.2 Å². The SMILES string of the molecule is CN1c2ccc(Cl)cc2C2CC(N(C)C)CCN2c2ccccc21. The van der Waals surface area contributed by atoms with Crippen LogP contribution >= 0.6 is 11.6 Å². The third-order valence-electron chi connectivity index (χ3n) is 5.57. The van der Waals surface area contributed by atoms with Crippen molar-refractivity contribution >= 4 is 28.7 Å². The lowest BCUT2D eigenvalue weighted by Crippen LogP contribution is -2.43. The van der Waals surface area contributed by atoms with E-state index in [0.29, 0.717) is 12.1 Å². The zero-order valence-corrected chi connectivity index (χ0v) is 15.3. The highest BCUT2D eigenvalue weighted by Gasteiger charge is 2.36. The van der Waals surface area contributed by atoms with Crippen molar-refractivity contribution in [2.24, 2.45) is 0 Å². The van der Waals surface area contributed by atoms with Gasteiger partial charge >= 0.3 is 0 Å². The van der Waals surface area contributed by atoms with Gasteiger partial charge in [0.25, 0.3) is 0 Å². The lowest BCUT2D eigenvalue weighted by atomic mass is 9.90. The topological polar surface area (TPSA) is 9.72 Å². The number of para-hydroxylation sites is 2. The smallest absolute Gasteiger partial charge is 0.0646 e. The molecule has 4 rings (SSSR count). The number of halogens is 1. The molecular formula is C20H24ClN3. The summed E-state index contributed by atoms with van der Waals surface area (Å²) in [5.41, 5.74) is 5.20. The summed E-state index contributed by atoms with van der Waals surface area (Å²) in [6.45, 7) is 1.07. The Bertz CT molecular complexity index is 758. The summed E-state index contributed by atoms with van der Waals surface area (Å²) in [4.78, 5) is 7.25. The van der Waals surface area contributed by atoms with Crippen LogP contribution in [0.15, 0.2) is 42.5 Å². The Morgan fingerprint density at radius 3 is 2.54 bits per heavy atom. The van der Waals surface area contributed by atoms with E-state index >= 15 is 0 Å². The molecule has 0 amide bonds. The molecule has 0 saturated carbocycles. The molecule has 0 aromatic heterocycles. The van der Waals surface area contributed by atoms with E-state index in [1.807, 2.05) is 6.07 Å². The summed E-state index contributed by atoms with van der Waals surface area (Å²) >= 11 is 6.37. The molecule has 2 unspecified atom stereocenters. The van der Waals surface area contributed by atoms with Crippen LogP contribution in [0.5, 0.6) is 0 Å². The van der Waals surface area contributed by atoms with Crippen molar-refractivity contribution in [2.45, 2.75) is 24.9 Å². The van der Waals surface area contributed by atoms with Crippen LogP contribution in [0, 0.1) is 0 Å². The fraction of sp³-hybridized carbons (Fsp3) is 0.400. The van der Waals surface area contributed by atoms with E-state index in [9.17, 15) is 0 Å². The van der Waals surface area contributed by atoms with Crippen molar-refractivity contribution in [3.05, 3.63) is 53.1 Å². The molecule has 0 N–H and O–H groups in total. The molecule has 2 aromatic carbocycles. The predicted molar refractivity (Wildman–Crippen MR) is 103 cm³/mol. The van der Waals surface area contributed by atoms with Crippen LogP contribution in [-0.4, -0.2) is 38.6 Å². The first-order valence-electron chi connectivity index (χ1n) is 8.61. The molecule has 24 heavy (non-hydrogen) atoms.